The Kier molecular flexibility index (Phi) is 4.72. The Morgan fingerprint density at radius 3 is 2.54 bits per heavy atom. The number of carbonyl (C=O) groups excluding carboxylic acids is 1. The summed E-state index contributed by atoms with van der Waals surface area (Å²) in [5, 5.41) is 11.2. The van der Waals surface area contributed by atoms with Gasteiger partial charge in [-0.3, -0.25) is 14.9 Å². The highest BCUT2D eigenvalue weighted by Crippen LogP contribution is 2.35. The van der Waals surface area contributed by atoms with Gasteiger partial charge in [-0.2, -0.15) is 5.10 Å². The third kappa shape index (κ3) is 3.36. The first kappa shape index (κ1) is 15.9. The summed E-state index contributed by atoms with van der Waals surface area (Å²) in [5.41, 5.74) is 2.97. The van der Waals surface area contributed by atoms with Gasteiger partial charge in [0.1, 0.15) is 5.82 Å². The van der Waals surface area contributed by atoms with Crippen molar-refractivity contribution in [2.75, 3.05) is 5.32 Å². The maximum absolute atomic E-state index is 13.2. The number of nitrogens with zero attached hydrogens (tertiary/aromatic N) is 2. The number of aromatic nitrogens is 3. The topological polar surface area (TPSA) is 70.7 Å². The summed E-state index contributed by atoms with van der Waals surface area (Å²) >= 11 is 4.71. The van der Waals surface area contributed by atoms with Crippen molar-refractivity contribution in [3.63, 3.8) is 0 Å². The van der Waals surface area contributed by atoms with E-state index in [1.807, 2.05) is 12.1 Å². The molecule has 0 bridgehead atoms. The predicted octanol–water partition coefficient (Wildman–Crippen LogP) is 3.61. The molecule has 5 nitrogen and oxygen atoms in total. The van der Waals surface area contributed by atoms with Gasteiger partial charge in [0.15, 0.2) is 5.82 Å². The first-order valence-electron chi connectivity index (χ1n) is 7.17. The molecule has 0 aliphatic carbocycles. The van der Waals surface area contributed by atoms with Gasteiger partial charge in [-0.1, -0.05) is 12.2 Å². The standard InChI is InChI=1S/C17H13FN4OS/c18-13-3-1-12(2-4-13)16-15(11-5-8-19-9-6-11)17(22-21-16)20-14(23)7-10-24/h1-6,8-10H,7H2,(H2,20,21,22,23). The largest absolute Gasteiger partial charge is 0.308 e. The highest BCUT2D eigenvalue weighted by molar-refractivity contribution is 7.79. The van der Waals surface area contributed by atoms with Crippen LogP contribution in [0.3, 0.4) is 0 Å². The third-order valence-electron chi connectivity index (χ3n) is 3.39. The number of benzene rings is 1. The Balaban J connectivity index is 2.09. The highest BCUT2D eigenvalue weighted by Gasteiger charge is 2.18. The number of nitrogens with one attached hydrogen (secondary N) is 2. The number of carbonyl (C=O) groups is 1. The Bertz CT molecular complexity index is 862. The van der Waals surface area contributed by atoms with Crippen LogP contribution < -0.4 is 5.32 Å². The molecule has 0 aliphatic rings. The summed E-state index contributed by atoms with van der Waals surface area (Å²) in [4.78, 5) is 15.9. The smallest absolute Gasteiger partial charge is 0.230 e. The van der Waals surface area contributed by atoms with Gasteiger partial charge in [-0.25, -0.2) is 4.39 Å². The minimum Gasteiger partial charge on any atom is -0.308 e. The first-order chi connectivity index (χ1) is 11.7. The lowest BCUT2D eigenvalue weighted by Crippen LogP contribution is -2.12. The van der Waals surface area contributed by atoms with E-state index in [1.54, 1.807) is 24.5 Å². The Morgan fingerprint density at radius 2 is 1.88 bits per heavy atom. The van der Waals surface area contributed by atoms with Crippen molar-refractivity contribution < 1.29 is 9.18 Å². The average Bonchev–Trinajstić information content (AvgIpc) is 3.00. The normalized spacial score (nSPS) is 10.4. The van der Waals surface area contributed by atoms with Gasteiger partial charge in [0.25, 0.3) is 0 Å². The van der Waals surface area contributed by atoms with Crippen LogP contribution >= 0.6 is 12.2 Å². The number of H-pyrrole nitrogens is 1. The van der Waals surface area contributed by atoms with E-state index in [4.69, 9.17) is 12.2 Å². The average molecular weight is 340 g/mol. The minimum absolute atomic E-state index is 0.115. The molecule has 7 heteroatoms. The number of halogens is 1. The van der Waals surface area contributed by atoms with Crippen LogP contribution in [0.5, 0.6) is 0 Å². The zero-order valence-corrected chi connectivity index (χ0v) is 13.3. The summed E-state index contributed by atoms with van der Waals surface area (Å²) in [7, 11) is 0. The highest BCUT2D eigenvalue weighted by atomic mass is 32.1. The van der Waals surface area contributed by atoms with Crippen molar-refractivity contribution in [1.29, 1.82) is 0 Å². The molecule has 120 valence electrons. The van der Waals surface area contributed by atoms with Crippen LogP contribution in [-0.4, -0.2) is 26.5 Å². The fourth-order valence-corrected chi connectivity index (χ4v) is 2.47. The number of anilines is 1. The molecule has 3 aromatic rings. The molecular formula is C17H13FN4OS. The number of hydrogen-bond donors (Lipinski definition) is 2. The minimum atomic E-state index is -0.321. The zero-order chi connectivity index (χ0) is 16.9. The van der Waals surface area contributed by atoms with Gasteiger partial charge in [-0.15, -0.1) is 0 Å². The quantitative estimate of drug-likeness (QED) is 0.696. The Hall–Kier alpha value is -2.93. The van der Waals surface area contributed by atoms with Crippen molar-refractivity contribution >= 4 is 29.3 Å². The van der Waals surface area contributed by atoms with Gasteiger partial charge in [0, 0.05) is 18.0 Å². The van der Waals surface area contributed by atoms with Crippen LogP contribution in [0.4, 0.5) is 10.2 Å². The van der Waals surface area contributed by atoms with Crippen LogP contribution in [0.25, 0.3) is 22.4 Å². The second kappa shape index (κ2) is 7.10. The van der Waals surface area contributed by atoms with Gasteiger partial charge in [0.2, 0.25) is 5.91 Å². The Morgan fingerprint density at radius 1 is 1.17 bits per heavy atom. The first-order valence-corrected chi connectivity index (χ1v) is 7.64. The van der Waals surface area contributed by atoms with Crippen molar-refractivity contribution in [3.05, 3.63) is 54.6 Å². The molecule has 0 atom stereocenters. The lowest BCUT2D eigenvalue weighted by atomic mass is 10.0. The van der Waals surface area contributed by atoms with Crippen molar-refractivity contribution in [1.82, 2.24) is 15.2 Å². The molecular weight excluding hydrogens is 327 g/mol. The number of rotatable bonds is 5. The van der Waals surface area contributed by atoms with Crippen LogP contribution in [0, 0.1) is 5.82 Å². The van der Waals surface area contributed by atoms with Crippen LogP contribution in [0.2, 0.25) is 0 Å². The molecule has 0 saturated carbocycles. The Labute approximate surface area is 142 Å². The van der Waals surface area contributed by atoms with Gasteiger partial charge < -0.3 is 5.32 Å². The monoisotopic (exact) mass is 340 g/mol. The molecule has 2 heterocycles. The van der Waals surface area contributed by atoms with E-state index in [0.717, 1.165) is 11.1 Å². The predicted molar refractivity (Wildman–Crippen MR) is 94.1 cm³/mol. The van der Waals surface area contributed by atoms with Gasteiger partial charge in [0.05, 0.1) is 17.7 Å². The van der Waals surface area contributed by atoms with E-state index in [9.17, 15) is 9.18 Å². The summed E-state index contributed by atoms with van der Waals surface area (Å²) in [6, 6.07) is 9.67. The van der Waals surface area contributed by atoms with Crippen LogP contribution in [0.1, 0.15) is 6.42 Å². The SMILES string of the molecule is O=C(CC=S)Nc1n[nH]c(-c2ccc(F)cc2)c1-c1ccncc1. The van der Waals surface area contributed by atoms with Gasteiger partial charge >= 0.3 is 0 Å². The van der Waals surface area contributed by atoms with Crippen LogP contribution in [0.15, 0.2) is 48.8 Å². The summed E-state index contributed by atoms with van der Waals surface area (Å²) in [5.74, 6) is -0.182. The molecule has 1 amide bonds. The molecule has 3 rings (SSSR count). The van der Waals surface area contributed by atoms with Crippen LogP contribution in [-0.2, 0) is 4.79 Å². The zero-order valence-electron chi connectivity index (χ0n) is 12.5. The fourth-order valence-electron chi connectivity index (χ4n) is 2.32. The molecule has 2 aromatic heterocycles. The molecule has 0 aliphatic heterocycles. The molecule has 0 spiro atoms. The lowest BCUT2D eigenvalue weighted by molar-refractivity contribution is -0.115. The number of hydrogen-bond acceptors (Lipinski definition) is 4. The molecule has 0 fully saturated rings. The molecule has 2 N–H and O–H groups in total. The molecule has 24 heavy (non-hydrogen) atoms. The molecule has 1 aromatic carbocycles. The van der Waals surface area contributed by atoms with E-state index in [1.165, 1.54) is 17.5 Å². The molecule has 0 saturated heterocycles. The summed E-state index contributed by atoms with van der Waals surface area (Å²) in [6.07, 6.45) is 3.42. The van der Waals surface area contributed by atoms with E-state index in [-0.39, 0.29) is 18.1 Å². The maximum Gasteiger partial charge on any atom is 0.230 e. The second-order valence-corrected chi connectivity index (χ2v) is 5.32. The van der Waals surface area contributed by atoms with E-state index < -0.39 is 0 Å². The maximum atomic E-state index is 13.2. The van der Waals surface area contributed by atoms with Crippen molar-refractivity contribution in [2.24, 2.45) is 0 Å². The number of pyridine rings is 1. The van der Waals surface area contributed by atoms with Crippen molar-refractivity contribution in [3.8, 4) is 22.4 Å². The van der Waals surface area contributed by atoms with E-state index >= 15 is 0 Å². The number of thiocarbonyl (C=S) groups is 1. The third-order valence-corrected chi connectivity index (χ3v) is 3.56. The number of amides is 1. The van der Waals surface area contributed by atoms with Crippen molar-refractivity contribution in [2.45, 2.75) is 6.42 Å². The van der Waals surface area contributed by atoms with Gasteiger partial charge in [-0.05, 0) is 47.3 Å². The second-order valence-electron chi connectivity index (χ2n) is 4.98. The number of aromatic amines is 1. The molecule has 0 unspecified atom stereocenters. The van der Waals surface area contributed by atoms with E-state index in [0.29, 0.717) is 17.1 Å². The summed E-state index contributed by atoms with van der Waals surface area (Å²) in [6.45, 7) is 0. The van der Waals surface area contributed by atoms with E-state index in [2.05, 4.69) is 20.5 Å². The molecule has 0 radical (unpaired) electrons. The fraction of sp³-hybridized carbons (Fsp3) is 0.0588. The lowest BCUT2D eigenvalue weighted by Gasteiger charge is -2.07. The summed E-state index contributed by atoms with van der Waals surface area (Å²) < 4.78 is 13.2.